The van der Waals surface area contributed by atoms with Crippen LogP contribution in [-0.2, 0) is 4.79 Å². The third-order valence-electron chi connectivity index (χ3n) is 3.71. The summed E-state index contributed by atoms with van der Waals surface area (Å²) in [6.45, 7) is 6.93. The van der Waals surface area contributed by atoms with Crippen molar-refractivity contribution in [3.05, 3.63) is 27.3 Å². The molecule has 0 unspecified atom stereocenters. The SMILES string of the molecule is Cc1cc(I)ccc1NC(=O)CN1CCN(CCO)CC1. The highest BCUT2D eigenvalue weighted by Crippen LogP contribution is 2.17. The second-order valence-electron chi connectivity index (χ2n) is 5.35. The lowest BCUT2D eigenvalue weighted by molar-refractivity contribution is -0.117. The molecule has 2 N–H and O–H groups in total. The molecule has 1 aliphatic rings. The Balaban J connectivity index is 1.80. The first-order valence-electron chi connectivity index (χ1n) is 7.20. The van der Waals surface area contributed by atoms with Crippen molar-refractivity contribution in [2.24, 2.45) is 0 Å². The Bertz CT molecular complexity index is 488. The number of hydrogen-bond donors (Lipinski definition) is 2. The van der Waals surface area contributed by atoms with Crippen LogP contribution in [0.1, 0.15) is 5.56 Å². The number of nitrogens with zero attached hydrogens (tertiary/aromatic N) is 2. The topological polar surface area (TPSA) is 55.8 Å². The van der Waals surface area contributed by atoms with Crippen LogP contribution < -0.4 is 5.32 Å². The molecule has 2 rings (SSSR count). The number of benzene rings is 1. The van der Waals surface area contributed by atoms with Gasteiger partial charge < -0.3 is 10.4 Å². The standard InChI is InChI=1S/C15H22IN3O2/c1-12-10-13(16)2-3-14(12)17-15(21)11-19-6-4-18(5-7-19)8-9-20/h2-3,10,20H,4-9,11H2,1H3,(H,17,21). The Morgan fingerprint density at radius 3 is 2.57 bits per heavy atom. The van der Waals surface area contributed by atoms with Crippen LogP contribution in [0.25, 0.3) is 0 Å². The van der Waals surface area contributed by atoms with Crippen LogP contribution >= 0.6 is 22.6 Å². The van der Waals surface area contributed by atoms with E-state index in [0.29, 0.717) is 6.54 Å². The van der Waals surface area contributed by atoms with Gasteiger partial charge in [0.15, 0.2) is 0 Å². The van der Waals surface area contributed by atoms with E-state index in [2.05, 4.69) is 43.8 Å². The average Bonchev–Trinajstić information content (AvgIpc) is 2.44. The number of amides is 1. The molecule has 0 atom stereocenters. The number of carbonyl (C=O) groups is 1. The molecule has 1 saturated heterocycles. The number of halogens is 1. The fourth-order valence-electron chi connectivity index (χ4n) is 2.47. The molecule has 1 aliphatic heterocycles. The molecule has 1 aromatic rings. The van der Waals surface area contributed by atoms with Crippen LogP contribution in [0.3, 0.4) is 0 Å². The maximum absolute atomic E-state index is 12.1. The van der Waals surface area contributed by atoms with Gasteiger partial charge in [-0.1, -0.05) is 0 Å². The van der Waals surface area contributed by atoms with Crippen molar-refractivity contribution in [3.8, 4) is 0 Å². The van der Waals surface area contributed by atoms with Crippen LogP contribution in [0.5, 0.6) is 0 Å². The fourth-order valence-corrected chi connectivity index (χ4v) is 3.12. The minimum Gasteiger partial charge on any atom is -0.395 e. The number of rotatable bonds is 5. The van der Waals surface area contributed by atoms with Gasteiger partial charge in [0.05, 0.1) is 13.2 Å². The summed E-state index contributed by atoms with van der Waals surface area (Å²) in [5.41, 5.74) is 1.97. The van der Waals surface area contributed by atoms with Gasteiger partial charge in [0.25, 0.3) is 0 Å². The summed E-state index contributed by atoms with van der Waals surface area (Å²) >= 11 is 2.27. The van der Waals surface area contributed by atoms with Gasteiger partial charge in [-0.3, -0.25) is 14.6 Å². The molecule has 0 spiro atoms. The second-order valence-corrected chi connectivity index (χ2v) is 6.59. The maximum Gasteiger partial charge on any atom is 0.238 e. The minimum atomic E-state index is 0.0370. The molecule has 0 aliphatic carbocycles. The van der Waals surface area contributed by atoms with Crippen LogP contribution in [0, 0.1) is 10.5 Å². The number of aryl methyl sites for hydroxylation is 1. The van der Waals surface area contributed by atoms with E-state index in [-0.39, 0.29) is 12.5 Å². The molecule has 1 heterocycles. The highest BCUT2D eigenvalue weighted by Gasteiger charge is 2.18. The van der Waals surface area contributed by atoms with Crippen molar-refractivity contribution in [3.63, 3.8) is 0 Å². The molecule has 116 valence electrons. The van der Waals surface area contributed by atoms with E-state index in [1.807, 2.05) is 19.1 Å². The van der Waals surface area contributed by atoms with Gasteiger partial charge >= 0.3 is 0 Å². The van der Waals surface area contributed by atoms with Gasteiger partial charge in [-0.2, -0.15) is 0 Å². The lowest BCUT2D eigenvalue weighted by atomic mass is 10.2. The quantitative estimate of drug-likeness (QED) is 0.725. The van der Waals surface area contributed by atoms with E-state index < -0.39 is 0 Å². The van der Waals surface area contributed by atoms with Gasteiger partial charge in [0, 0.05) is 42.0 Å². The molecular weight excluding hydrogens is 381 g/mol. The van der Waals surface area contributed by atoms with E-state index in [4.69, 9.17) is 5.11 Å². The molecule has 1 aromatic carbocycles. The fraction of sp³-hybridized carbons (Fsp3) is 0.533. The first kappa shape index (κ1) is 16.7. The van der Waals surface area contributed by atoms with Gasteiger partial charge in [-0.25, -0.2) is 0 Å². The third-order valence-corrected chi connectivity index (χ3v) is 4.38. The molecule has 1 fully saturated rings. The number of carbonyl (C=O) groups excluding carboxylic acids is 1. The molecule has 0 saturated carbocycles. The lowest BCUT2D eigenvalue weighted by Crippen LogP contribution is -2.49. The monoisotopic (exact) mass is 403 g/mol. The van der Waals surface area contributed by atoms with Gasteiger partial charge in [0.2, 0.25) is 5.91 Å². The maximum atomic E-state index is 12.1. The number of anilines is 1. The van der Waals surface area contributed by atoms with Gasteiger partial charge in [-0.15, -0.1) is 0 Å². The van der Waals surface area contributed by atoms with E-state index in [1.165, 1.54) is 3.57 Å². The number of hydrogen-bond acceptors (Lipinski definition) is 4. The first-order valence-corrected chi connectivity index (χ1v) is 8.28. The molecule has 0 aromatic heterocycles. The second kappa shape index (κ2) is 8.07. The van der Waals surface area contributed by atoms with Crippen molar-refractivity contribution in [2.45, 2.75) is 6.92 Å². The summed E-state index contributed by atoms with van der Waals surface area (Å²) in [6, 6.07) is 6.01. The molecule has 0 radical (unpaired) electrons. The molecule has 6 heteroatoms. The van der Waals surface area contributed by atoms with E-state index in [1.54, 1.807) is 0 Å². The Morgan fingerprint density at radius 1 is 1.29 bits per heavy atom. The number of aliphatic hydroxyl groups excluding tert-OH is 1. The molecule has 5 nitrogen and oxygen atoms in total. The van der Waals surface area contributed by atoms with E-state index in [0.717, 1.165) is 44.0 Å². The summed E-state index contributed by atoms with van der Waals surface area (Å²) in [5.74, 6) is 0.0370. The van der Waals surface area contributed by atoms with Crippen molar-refractivity contribution < 1.29 is 9.90 Å². The molecule has 0 bridgehead atoms. The smallest absolute Gasteiger partial charge is 0.238 e. The number of aliphatic hydroxyl groups is 1. The van der Waals surface area contributed by atoms with Crippen LogP contribution in [-0.4, -0.2) is 66.7 Å². The Labute approximate surface area is 139 Å². The molecule has 21 heavy (non-hydrogen) atoms. The molecule has 1 amide bonds. The Kier molecular flexibility index (Phi) is 6.40. The minimum absolute atomic E-state index is 0.0370. The summed E-state index contributed by atoms with van der Waals surface area (Å²) < 4.78 is 1.17. The highest BCUT2D eigenvalue weighted by atomic mass is 127. The zero-order chi connectivity index (χ0) is 15.2. The van der Waals surface area contributed by atoms with Gasteiger partial charge in [-0.05, 0) is 53.3 Å². The summed E-state index contributed by atoms with van der Waals surface area (Å²) in [5, 5.41) is 11.9. The van der Waals surface area contributed by atoms with Gasteiger partial charge in [0.1, 0.15) is 0 Å². The number of β-amino-alcohol motifs (C(OH)–C–C–N with tert-alkyl or cyclic N) is 1. The van der Waals surface area contributed by atoms with Crippen LogP contribution in [0.4, 0.5) is 5.69 Å². The normalized spacial score (nSPS) is 16.9. The lowest BCUT2D eigenvalue weighted by Gasteiger charge is -2.33. The largest absolute Gasteiger partial charge is 0.395 e. The number of piperazine rings is 1. The first-order chi connectivity index (χ1) is 10.1. The van der Waals surface area contributed by atoms with Crippen LogP contribution in [0.2, 0.25) is 0 Å². The highest BCUT2D eigenvalue weighted by molar-refractivity contribution is 14.1. The van der Waals surface area contributed by atoms with Crippen molar-refractivity contribution in [2.75, 3.05) is 51.2 Å². The third kappa shape index (κ3) is 5.21. The summed E-state index contributed by atoms with van der Waals surface area (Å²) in [4.78, 5) is 16.5. The van der Waals surface area contributed by atoms with Crippen molar-refractivity contribution in [1.29, 1.82) is 0 Å². The summed E-state index contributed by atoms with van der Waals surface area (Å²) in [6.07, 6.45) is 0. The van der Waals surface area contributed by atoms with Crippen molar-refractivity contribution in [1.82, 2.24) is 9.80 Å². The Hall–Kier alpha value is -0.700. The molecular formula is C15H22IN3O2. The predicted molar refractivity (Wildman–Crippen MR) is 92.5 cm³/mol. The zero-order valence-electron chi connectivity index (χ0n) is 12.3. The van der Waals surface area contributed by atoms with Crippen LogP contribution in [0.15, 0.2) is 18.2 Å². The van der Waals surface area contributed by atoms with Crippen molar-refractivity contribution >= 4 is 34.2 Å². The van der Waals surface area contributed by atoms with E-state index >= 15 is 0 Å². The summed E-state index contributed by atoms with van der Waals surface area (Å²) in [7, 11) is 0. The van der Waals surface area contributed by atoms with E-state index in [9.17, 15) is 4.79 Å². The number of nitrogens with one attached hydrogen (secondary N) is 1. The zero-order valence-corrected chi connectivity index (χ0v) is 14.5. The Morgan fingerprint density at radius 2 is 1.95 bits per heavy atom. The average molecular weight is 403 g/mol. The predicted octanol–water partition coefficient (Wildman–Crippen LogP) is 1.15.